The van der Waals surface area contributed by atoms with Crippen LogP contribution in [-0.4, -0.2) is 60.5 Å². The summed E-state index contributed by atoms with van der Waals surface area (Å²) < 4.78 is 10.3. The SMILES string of the molecule is COC(=O)[C@@H](C[C@H]1CCCN1C(=O)O)NC(=O)OCC1c2ccccc2-c2ccccc21. The van der Waals surface area contributed by atoms with Gasteiger partial charge in [0.1, 0.15) is 12.6 Å². The van der Waals surface area contributed by atoms with E-state index >= 15 is 0 Å². The first kappa shape index (κ1) is 21.7. The Morgan fingerprint density at radius 3 is 2.31 bits per heavy atom. The van der Waals surface area contributed by atoms with Gasteiger partial charge in [0.05, 0.1) is 7.11 Å². The second-order valence-corrected chi connectivity index (χ2v) is 8.05. The molecule has 2 aromatic carbocycles. The van der Waals surface area contributed by atoms with E-state index in [4.69, 9.17) is 9.47 Å². The molecule has 2 amide bonds. The Kier molecular flexibility index (Phi) is 6.30. The molecule has 1 heterocycles. The topological polar surface area (TPSA) is 105 Å². The highest BCUT2D eigenvalue weighted by Gasteiger charge is 2.35. The van der Waals surface area contributed by atoms with Gasteiger partial charge >= 0.3 is 18.2 Å². The predicted molar refractivity (Wildman–Crippen MR) is 116 cm³/mol. The molecule has 168 valence electrons. The normalized spacial score (nSPS) is 17.9. The number of fused-ring (bicyclic) bond motifs is 3. The van der Waals surface area contributed by atoms with Gasteiger partial charge in [0.2, 0.25) is 0 Å². The van der Waals surface area contributed by atoms with Crippen LogP contribution in [0.25, 0.3) is 11.1 Å². The summed E-state index contributed by atoms with van der Waals surface area (Å²) >= 11 is 0. The van der Waals surface area contributed by atoms with Crippen LogP contribution in [0.3, 0.4) is 0 Å². The fourth-order valence-corrected chi connectivity index (χ4v) is 4.74. The summed E-state index contributed by atoms with van der Waals surface area (Å²) in [5.41, 5.74) is 4.43. The second kappa shape index (κ2) is 9.30. The zero-order valence-corrected chi connectivity index (χ0v) is 17.8. The predicted octanol–water partition coefficient (Wildman–Crippen LogP) is 3.60. The molecule has 4 rings (SSSR count). The maximum Gasteiger partial charge on any atom is 0.407 e. The van der Waals surface area contributed by atoms with Crippen LogP contribution in [0.15, 0.2) is 48.5 Å². The number of alkyl carbamates (subject to hydrolysis) is 1. The lowest BCUT2D eigenvalue weighted by Crippen LogP contribution is -2.47. The molecule has 1 aliphatic carbocycles. The van der Waals surface area contributed by atoms with E-state index in [1.54, 1.807) is 0 Å². The minimum Gasteiger partial charge on any atom is -0.467 e. The Bertz CT molecular complexity index is 978. The van der Waals surface area contributed by atoms with Crippen molar-refractivity contribution in [3.63, 3.8) is 0 Å². The lowest BCUT2D eigenvalue weighted by molar-refractivity contribution is -0.143. The highest BCUT2D eigenvalue weighted by atomic mass is 16.6. The molecule has 1 aliphatic heterocycles. The van der Waals surface area contributed by atoms with Crippen molar-refractivity contribution in [3.05, 3.63) is 59.7 Å². The molecular formula is C24H26N2O6. The summed E-state index contributed by atoms with van der Waals surface area (Å²) in [6, 6.07) is 14.7. The number of esters is 1. The van der Waals surface area contributed by atoms with Crippen LogP contribution in [0, 0.1) is 0 Å². The van der Waals surface area contributed by atoms with E-state index in [9.17, 15) is 19.5 Å². The Morgan fingerprint density at radius 2 is 1.72 bits per heavy atom. The van der Waals surface area contributed by atoms with Crippen molar-refractivity contribution in [3.8, 4) is 11.1 Å². The van der Waals surface area contributed by atoms with Crippen LogP contribution in [-0.2, 0) is 14.3 Å². The number of rotatable bonds is 6. The van der Waals surface area contributed by atoms with Gasteiger partial charge in [-0.1, -0.05) is 48.5 Å². The minimum absolute atomic E-state index is 0.0953. The van der Waals surface area contributed by atoms with Crippen LogP contribution >= 0.6 is 0 Å². The third kappa shape index (κ3) is 4.26. The van der Waals surface area contributed by atoms with Gasteiger partial charge < -0.3 is 24.8 Å². The van der Waals surface area contributed by atoms with Crippen molar-refractivity contribution in [1.29, 1.82) is 0 Å². The number of likely N-dealkylation sites (tertiary alicyclic amines) is 1. The van der Waals surface area contributed by atoms with Crippen molar-refractivity contribution in [1.82, 2.24) is 10.2 Å². The van der Waals surface area contributed by atoms with E-state index in [2.05, 4.69) is 17.4 Å². The lowest BCUT2D eigenvalue weighted by Gasteiger charge is -2.25. The standard InChI is InChI=1S/C24H26N2O6/c1-31-22(27)21(13-15-7-6-12-26(15)24(29)30)25-23(28)32-14-20-18-10-4-2-8-16(18)17-9-3-5-11-19(17)20/h2-5,8-11,15,20-21H,6-7,12-14H2,1H3,(H,25,28)(H,29,30)/t15-,21-/m1/s1. The molecule has 0 spiro atoms. The molecule has 2 aliphatic rings. The van der Waals surface area contributed by atoms with Gasteiger partial charge in [0.25, 0.3) is 0 Å². The molecule has 0 aromatic heterocycles. The zero-order chi connectivity index (χ0) is 22.7. The molecular weight excluding hydrogens is 412 g/mol. The largest absolute Gasteiger partial charge is 0.467 e. The molecule has 1 fully saturated rings. The number of hydrogen-bond donors (Lipinski definition) is 2. The number of methoxy groups -OCH3 is 1. The number of carbonyl (C=O) groups is 3. The number of benzene rings is 2. The molecule has 0 radical (unpaired) electrons. The number of hydrogen-bond acceptors (Lipinski definition) is 5. The molecule has 2 N–H and O–H groups in total. The number of carboxylic acid groups (broad SMARTS) is 1. The molecule has 8 nitrogen and oxygen atoms in total. The number of carbonyl (C=O) groups excluding carboxylic acids is 2. The quantitative estimate of drug-likeness (QED) is 0.668. The summed E-state index contributed by atoms with van der Waals surface area (Å²) in [7, 11) is 1.23. The molecule has 2 aromatic rings. The van der Waals surface area contributed by atoms with Crippen molar-refractivity contribution in [2.24, 2.45) is 0 Å². The van der Waals surface area contributed by atoms with Gasteiger partial charge in [-0.05, 0) is 41.5 Å². The molecule has 8 heteroatoms. The van der Waals surface area contributed by atoms with Crippen molar-refractivity contribution < 1.29 is 29.0 Å². The minimum atomic E-state index is -1.03. The lowest BCUT2D eigenvalue weighted by atomic mass is 9.98. The number of nitrogens with one attached hydrogen (secondary N) is 1. The highest BCUT2D eigenvalue weighted by molar-refractivity contribution is 5.82. The van der Waals surface area contributed by atoms with Gasteiger partial charge in [0.15, 0.2) is 0 Å². The smallest absolute Gasteiger partial charge is 0.407 e. The van der Waals surface area contributed by atoms with Gasteiger partial charge in [-0.3, -0.25) is 0 Å². The zero-order valence-electron chi connectivity index (χ0n) is 17.8. The molecule has 0 unspecified atom stereocenters. The van der Waals surface area contributed by atoms with E-state index in [-0.39, 0.29) is 25.0 Å². The Balaban J connectivity index is 1.42. The highest BCUT2D eigenvalue weighted by Crippen LogP contribution is 2.44. The Morgan fingerprint density at radius 1 is 1.09 bits per heavy atom. The van der Waals surface area contributed by atoms with Crippen LogP contribution in [0.5, 0.6) is 0 Å². The third-order valence-corrected chi connectivity index (χ3v) is 6.25. The Labute approximate surface area is 186 Å². The maximum absolute atomic E-state index is 12.6. The molecule has 2 atom stereocenters. The number of nitrogens with zero attached hydrogens (tertiary/aromatic N) is 1. The fraction of sp³-hybridized carbons (Fsp3) is 0.375. The van der Waals surface area contributed by atoms with Crippen LogP contribution < -0.4 is 5.32 Å². The van der Waals surface area contributed by atoms with Crippen LogP contribution in [0.1, 0.15) is 36.3 Å². The molecule has 0 bridgehead atoms. The number of amides is 2. The van der Waals surface area contributed by atoms with Crippen molar-refractivity contribution >= 4 is 18.2 Å². The molecule has 32 heavy (non-hydrogen) atoms. The number of ether oxygens (including phenoxy) is 2. The molecule has 1 saturated heterocycles. The summed E-state index contributed by atoms with van der Waals surface area (Å²) in [4.78, 5) is 37.5. The first-order valence-electron chi connectivity index (χ1n) is 10.7. The summed E-state index contributed by atoms with van der Waals surface area (Å²) in [6.07, 6.45) is -0.273. The second-order valence-electron chi connectivity index (χ2n) is 8.05. The molecule has 0 saturated carbocycles. The van der Waals surface area contributed by atoms with Gasteiger partial charge in [-0.2, -0.15) is 0 Å². The van der Waals surface area contributed by atoms with E-state index in [0.717, 1.165) is 28.7 Å². The van der Waals surface area contributed by atoms with Crippen LogP contribution in [0.4, 0.5) is 9.59 Å². The van der Waals surface area contributed by atoms with E-state index in [0.29, 0.717) is 13.0 Å². The Hall–Kier alpha value is -3.55. The maximum atomic E-state index is 12.6. The fourth-order valence-electron chi connectivity index (χ4n) is 4.74. The summed E-state index contributed by atoms with van der Waals surface area (Å²) in [5.74, 6) is -0.724. The van der Waals surface area contributed by atoms with Gasteiger partial charge in [-0.15, -0.1) is 0 Å². The monoisotopic (exact) mass is 438 g/mol. The van der Waals surface area contributed by atoms with E-state index < -0.39 is 24.2 Å². The summed E-state index contributed by atoms with van der Waals surface area (Å²) in [5, 5.41) is 11.9. The first-order valence-corrected chi connectivity index (χ1v) is 10.7. The average Bonchev–Trinajstić information content (AvgIpc) is 3.39. The van der Waals surface area contributed by atoms with Crippen molar-refractivity contribution in [2.75, 3.05) is 20.3 Å². The average molecular weight is 438 g/mol. The van der Waals surface area contributed by atoms with Crippen molar-refractivity contribution in [2.45, 2.75) is 37.3 Å². The van der Waals surface area contributed by atoms with E-state index in [1.165, 1.54) is 12.0 Å². The first-order chi connectivity index (χ1) is 15.5. The summed E-state index contributed by atoms with van der Waals surface area (Å²) in [6.45, 7) is 0.539. The van der Waals surface area contributed by atoms with Gasteiger partial charge in [-0.25, -0.2) is 14.4 Å². The van der Waals surface area contributed by atoms with E-state index in [1.807, 2.05) is 36.4 Å². The third-order valence-electron chi connectivity index (χ3n) is 6.25. The van der Waals surface area contributed by atoms with Crippen LogP contribution in [0.2, 0.25) is 0 Å². The van der Waals surface area contributed by atoms with Gasteiger partial charge in [0, 0.05) is 18.5 Å².